The number of hydrogen-bond donors (Lipinski definition) is 1. The Labute approximate surface area is 174 Å². The fourth-order valence-electron chi connectivity index (χ4n) is 3.98. The van der Waals surface area contributed by atoms with Crippen LogP contribution in [-0.4, -0.2) is 41.5 Å². The standard InChI is InChI=1S/C23H24FN3O3/c1-29-20-11-6-9-17(21(20)30-2)23(28)27-12-4-3-10-19(27)22-25-14-18(26-22)15-7-5-8-16(24)13-15/h5-9,11,13-14,19H,3-4,10,12H2,1-2H3,(H,25,26). The molecule has 2 aromatic carbocycles. The minimum Gasteiger partial charge on any atom is -0.493 e. The van der Waals surface area contributed by atoms with Crippen molar-refractivity contribution in [2.45, 2.75) is 25.3 Å². The van der Waals surface area contributed by atoms with E-state index in [1.807, 2.05) is 11.0 Å². The third-order valence-corrected chi connectivity index (χ3v) is 5.44. The van der Waals surface area contributed by atoms with Crippen molar-refractivity contribution in [3.63, 3.8) is 0 Å². The van der Waals surface area contributed by atoms with E-state index in [4.69, 9.17) is 9.47 Å². The van der Waals surface area contributed by atoms with Crippen LogP contribution in [0.4, 0.5) is 4.39 Å². The number of hydrogen-bond acceptors (Lipinski definition) is 4. The van der Waals surface area contributed by atoms with Gasteiger partial charge < -0.3 is 19.4 Å². The zero-order valence-corrected chi connectivity index (χ0v) is 17.0. The lowest BCUT2D eigenvalue weighted by Crippen LogP contribution is -2.39. The third kappa shape index (κ3) is 3.75. The fraction of sp³-hybridized carbons (Fsp3) is 0.304. The van der Waals surface area contributed by atoms with Crippen LogP contribution in [0, 0.1) is 5.82 Å². The predicted octanol–water partition coefficient (Wildman–Crippen LogP) is 4.60. The number of carbonyl (C=O) groups excluding carboxylic acids is 1. The number of nitrogens with one attached hydrogen (secondary N) is 1. The molecule has 1 unspecified atom stereocenters. The van der Waals surface area contributed by atoms with Crippen LogP contribution in [0.5, 0.6) is 11.5 Å². The van der Waals surface area contributed by atoms with Crippen molar-refractivity contribution in [1.82, 2.24) is 14.9 Å². The van der Waals surface area contributed by atoms with Gasteiger partial charge in [0.05, 0.1) is 37.7 Å². The first-order valence-corrected chi connectivity index (χ1v) is 9.95. The summed E-state index contributed by atoms with van der Waals surface area (Å²) < 4.78 is 24.4. The number of nitrogens with zero attached hydrogens (tertiary/aromatic N) is 2. The van der Waals surface area contributed by atoms with Crippen LogP contribution in [0.15, 0.2) is 48.7 Å². The number of piperidine rings is 1. The lowest BCUT2D eigenvalue weighted by Gasteiger charge is -2.35. The average Bonchev–Trinajstić information content (AvgIpc) is 3.28. The molecule has 0 bridgehead atoms. The van der Waals surface area contributed by atoms with E-state index < -0.39 is 0 Å². The van der Waals surface area contributed by atoms with Crippen LogP contribution in [0.1, 0.15) is 41.5 Å². The maximum absolute atomic E-state index is 13.6. The largest absolute Gasteiger partial charge is 0.493 e. The van der Waals surface area contributed by atoms with Crippen LogP contribution in [0.3, 0.4) is 0 Å². The van der Waals surface area contributed by atoms with E-state index in [0.29, 0.717) is 29.4 Å². The normalized spacial score (nSPS) is 16.4. The molecule has 0 spiro atoms. The number of aromatic amines is 1. The molecular weight excluding hydrogens is 385 g/mol. The molecule has 30 heavy (non-hydrogen) atoms. The second-order valence-electron chi connectivity index (χ2n) is 7.24. The number of para-hydroxylation sites is 1. The summed E-state index contributed by atoms with van der Waals surface area (Å²) in [6.45, 7) is 0.625. The summed E-state index contributed by atoms with van der Waals surface area (Å²) in [5.41, 5.74) is 1.90. The molecule has 156 valence electrons. The molecule has 7 heteroatoms. The van der Waals surface area contributed by atoms with Crippen molar-refractivity contribution < 1.29 is 18.7 Å². The van der Waals surface area contributed by atoms with Crippen molar-refractivity contribution >= 4 is 5.91 Å². The molecule has 1 aliphatic rings. The summed E-state index contributed by atoms with van der Waals surface area (Å²) in [5, 5.41) is 0. The highest BCUT2D eigenvalue weighted by molar-refractivity contribution is 5.98. The zero-order chi connectivity index (χ0) is 21.1. The van der Waals surface area contributed by atoms with Gasteiger partial charge in [0.15, 0.2) is 11.5 Å². The summed E-state index contributed by atoms with van der Waals surface area (Å²) in [6.07, 6.45) is 4.41. The van der Waals surface area contributed by atoms with Gasteiger partial charge in [-0.05, 0) is 43.5 Å². The number of halogens is 1. The summed E-state index contributed by atoms with van der Waals surface area (Å²) in [5.74, 6) is 1.21. The van der Waals surface area contributed by atoms with Gasteiger partial charge in [-0.1, -0.05) is 18.2 Å². The van der Waals surface area contributed by atoms with Crippen molar-refractivity contribution in [2.24, 2.45) is 0 Å². The second kappa shape index (κ2) is 8.57. The summed E-state index contributed by atoms with van der Waals surface area (Å²) in [7, 11) is 3.08. The molecule has 1 aliphatic heterocycles. The van der Waals surface area contributed by atoms with Gasteiger partial charge in [-0.25, -0.2) is 9.37 Å². The molecule has 1 amide bonds. The molecule has 0 aliphatic carbocycles. The van der Waals surface area contributed by atoms with E-state index >= 15 is 0 Å². The van der Waals surface area contributed by atoms with Gasteiger partial charge in [0.1, 0.15) is 11.6 Å². The van der Waals surface area contributed by atoms with E-state index in [0.717, 1.165) is 30.5 Å². The van der Waals surface area contributed by atoms with E-state index in [1.165, 1.54) is 19.2 Å². The quantitative estimate of drug-likeness (QED) is 0.669. The number of imidazole rings is 1. The topological polar surface area (TPSA) is 67.5 Å². The maximum Gasteiger partial charge on any atom is 0.258 e. The van der Waals surface area contributed by atoms with E-state index in [1.54, 1.807) is 37.6 Å². The Balaban J connectivity index is 1.65. The van der Waals surface area contributed by atoms with Crippen LogP contribution in [0.25, 0.3) is 11.3 Å². The van der Waals surface area contributed by atoms with Crippen LogP contribution in [0.2, 0.25) is 0 Å². The third-order valence-electron chi connectivity index (χ3n) is 5.44. The molecule has 1 saturated heterocycles. The number of aromatic nitrogens is 2. The van der Waals surface area contributed by atoms with Crippen molar-refractivity contribution in [2.75, 3.05) is 20.8 Å². The first-order chi connectivity index (χ1) is 14.6. The number of H-pyrrole nitrogens is 1. The Morgan fingerprint density at radius 2 is 2.00 bits per heavy atom. The Hall–Kier alpha value is -3.35. The van der Waals surface area contributed by atoms with Gasteiger partial charge in [-0.3, -0.25) is 4.79 Å². The molecule has 0 radical (unpaired) electrons. The van der Waals surface area contributed by atoms with Crippen LogP contribution in [-0.2, 0) is 0 Å². The Kier molecular flexibility index (Phi) is 5.70. The average molecular weight is 409 g/mol. The Morgan fingerprint density at radius 1 is 1.17 bits per heavy atom. The van der Waals surface area contributed by atoms with E-state index in [9.17, 15) is 9.18 Å². The molecule has 1 atom stereocenters. The van der Waals surface area contributed by atoms with Gasteiger partial charge in [-0.2, -0.15) is 0 Å². The number of benzene rings is 2. The molecule has 1 aromatic heterocycles. The van der Waals surface area contributed by atoms with Gasteiger partial charge in [-0.15, -0.1) is 0 Å². The van der Waals surface area contributed by atoms with Gasteiger partial charge in [0, 0.05) is 12.1 Å². The first-order valence-electron chi connectivity index (χ1n) is 9.95. The number of amides is 1. The molecule has 1 N–H and O–H groups in total. The maximum atomic E-state index is 13.6. The highest BCUT2D eigenvalue weighted by Gasteiger charge is 2.32. The van der Waals surface area contributed by atoms with Crippen LogP contribution >= 0.6 is 0 Å². The van der Waals surface area contributed by atoms with E-state index in [2.05, 4.69) is 9.97 Å². The molecule has 2 heterocycles. The van der Waals surface area contributed by atoms with Crippen LogP contribution < -0.4 is 9.47 Å². The number of carbonyl (C=O) groups is 1. The summed E-state index contributed by atoms with van der Waals surface area (Å²) >= 11 is 0. The molecular formula is C23H24FN3O3. The van der Waals surface area contributed by atoms with E-state index in [-0.39, 0.29) is 17.8 Å². The summed E-state index contributed by atoms with van der Waals surface area (Å²) in [4.78, 5) is 23.1. The molecule has 1 fully saturated rings. The zero-order valence-electron chi connectivity index (χ0n) is 17.0. The Morgan fingerprint density at radius 3 is 2.77 bits per heavy atom. The number of likely N-dealkylation sites (tertiary alicyclic amines) is 1. The second-order valence-corrected chi connectivity index (χ2v) is 7.24. The highest BCUT2D eigenvalue weighted by atomic mass is 19.1. The molecule has 0 saturated carbocycles. The molecule has 6 nitrogen and oxygen atoms in total. The first kappa shape index (κ1) is 19.9. The minimum atomic E-state index is -0.303. The minimum absolute atomic E-state index is 0.126. The number of rotatable bonds is 5. The Bertz CT molecular complexity index is 1050. The van der Waals surface area contributed by atoms with Gasteiger partial charge in [0.25, 0.3) is 5.91 Å². The lowest BCUT2D eigenvalue weighted by molar-refractivity contribution is 0.0597. The number of methoxy groups -OCH3 is 2. The number of ether oxygens (including phenoxy) is 2. The fourth-order valence-corrected chi connectivity index (χ4v) is 3.98. The van der Waals surface area contributed by atoms with Crippen molar-refractivity contribution in [3.8, 4) is 22.8 Å². The molecule has 3 aromatic rings. The SMILES string of the molecule is COc1cccc(C(=O)N2CCCCC2c2ncc(-c3cccc(F)c3)[nH]2)c1OC. The smallest absolute Gasteiger partial charge is 0.258 e. The lowest BCUT2D eigenvalue weighted by atomic mass is 9.99. The monoisotopic (exact) mass is 409 g/mol. The highest BCUT2D eigenvalue weighted by Crippen LogP contribution is 2.36. The van der Waals surface area contributed by atoms with Gasteiger partial charge >= 0.3 is 0 Å². The summed E-state index contributed by atoms with van der Waals surface area (Å²) in [6, 6.07) is 11.5. The van der Waals surface area contributed by atoms with Gasteiger partial charge in [0.2, 0.25) is 0 Å². The van der Waals surface area contributed by atoms with Crippen molar-refractivity contribution in [3.05, 3.63) is 65.9 Å². The predicted molar refractivity (Wildman–Crippen MR) is 111 cm³/mol. The molecule has 4 rings (SSSR count). The van der Waals surface area contributed by atoms with Crippen molar-refractivity contribution in [1.29, 1.82) is 0 Å².